The van der Waals surface area contributed by atoms with Gasteiger partial charge in [0, 0.05) is 88.6 Å². The number of imide groups is 1. The number of carbonyl (C=O) groups is 2. The summed E-state index contributed by atoms with van der Waals surface area (Å²) in [6, 6.07) is 13.7. The van der Waals surface area contributed by atoms with E-state index in [1.54, 1.807) is 25.4 Å². The van der Waals surface area contributed by atoms with E-state index >= 15 is 0 Å². The van der Waals surface area contributed by atoms with Gasteiger partial charge in [0.25, 0.3) is 0 Å². The van der Waals surface area contributed by atoms with Crippen LogP contribution < -0.4 is 15.5 Å². The summed E-state index contributed by atoms with van der Waals surface area (Å²) in [4.78, 5) is 40.5. The number of nitrogens with one attached hydrogen (secondary N) is 2. The molecule has 3 aliphatic heterocycles. The van der Waals surface area contributed by atoms with E-state index in [0.29, 0.717) is 35.9 Å². The first-order chi connectivity index (χ1) is 24.9. The summed E-state index contributed by atoms with van der Waals surface area (Å²) in [6.07, 6.45) is 12.4. The number of piperazine rings is 1. The molecular formula is C38H43FN10O2. The van der Waals surface area contributed by atoms with Crippen LogP contribution in [0.1, 0.15) is 48.8 Å². The van der Waals surface area contributed by atoms with Crippen LogP contribution >= 0.6 is 0 Å². The highest BCUT2D eigenvalue weighted by atomic mass is 19.1. The maximum absolute atomic E-state index is 13.9. The van der Waals surface area contributed by atoms with E-state index < -0.39 is 0 Å². The van der Waals surface area contributed by atoms with Crippen molar-refractivity contribution >= 4 is 34.7 Å². The molecule has 1 unspecified atom stereocenters. The van der Waals surface area contributed by atoms with Crippen molar-refractivity contribution in [3.63, 3.8) is 0 Å². The third kappa shape index (κ3) is 7.08. The second kappa shape index (κ2) is 14.2. The molecule has 0 spiro atoms. The van der Waals surface area contributed by atoms with Crippen molar-refractivity contribution in [2.75, 3.05) is 62.6 Å². The Labute approximate surface area is 296 Å². The number of carbonyl (C=O) groups excluding carboxylic acids is 2. The number of aryl methyl sites for hydroxylation is 1. The molecule has 1 atom stereocenters. The summed E-state index contributed by atoms with van der Waals surface area (Å²) >= 11 is 0. The summed E-state index contributed by atoms with van der Waals surface area (Å²) in [7, 11) is 0. The van der Waals surface area contributed by atoms with Gasteiger partial charge in [-0.1, -0.05) is 12.1 Å². The minimum atomic E-state index is -0.241. The lowest BCUT2D eigenvalue weighted by Gasteiger charge is -2.38. The van der Waals surface area contributed by atoms with E-state index in [-0.39, 0.29) is 23.5 Å². The highest BCUT2D eigenvalue weighted by molar-refractivity contribution is 6.01. The van der Waals surface area contributed by atoms with Crippen molar-refractivity contribution in [1.29, 1.82) is 0 Å². The van der Waals surface area contributed by atoms with Crippen molar-refractivity contribution in [2.24, 2.45) is 0 Å². The molecule has 3 aromatic heterocycles. The van der Waals surface area contributed by atoms with Crippen molar-refractivity contribution in [3.8, 4) is 11.3 Å². The molecule has 8 rings (SSSR count). The summed E-state index contributed by atoms with van der Waals surface area (Å²) in [5.74, 6) is -0.193. The van der Waals surface area contributed by atoms with Gasteiger partial charge in [-0.25, -0.2) is 14.4 Å². The van der Waals surface area contributed by atoms with Gasteiger partial charge in [-0.05, 0) is 67.6 Å². The molecule has 2 aromatic carbocycles. The number of benzene rings is 2. The smallest absolute Gasteiger partial charge is 0.234 e. The number of nitrogens with zero attached hydrogens (tertiary/aromatic N) is 8. The number of aromatic nitrogens is 5. The Hall–Kier alpha value is -5.14. The average molecular weight is 691 g/mol. The zero-order valence-corrected chi connectivity index (χ0v) is 28.8. The molecule has 2 N–H and O–H groups in total. The number of rotatable bonds is 9. The molecule has 51 heavy (non-hydrogen) atoms. The van der Waals surface area contributed by atoms with Gasteiger partial charge < -0.3 is 15.1 Å². The van der Waals surface area contributed by atoms with E-state index in [1.807, 2.05) is 35.0 Å². The third-order valence-corrected chi connectivity index (χ3v) is 10.7. The molecule has 3 fully saturated rings. The second-order valence-corrected chi connectivity index (χ2v) is 13.9. The fourth-order valence-electron chi connectivity index (χ4n) is 7.61. The first-order valence-corrected chi connectivity index (χ1v) is 17.9. The van der Waals surface area contributed by atoms with Crippen LogP contribution in [0.2, 0.25) is 0 Å². The molecule has 264 valence electrons. The molecular weight excluding hydrogens is 647 g/mol. The molecule has 5 aromatic rings. The number of hydrogen-bond acceptors (Lipinski definition) is 9. The van der Waals surface area contributed by atoms with Crippen LogP contribution in [0.15, 0.2) is 73.4 Å². The van der Waals surface area contributed by atoms with E-state index in [2.05, 4.69) is 58.3 Å². The highest BCUT2D eigenvalue weighted by Crippen LogP contribution is 2.29. The monoisotopic (exact) mass is 690 g/mol. The molecule has 2 amide bonds. The molecule has 3 saturated heterocycles. The molecule has 3 aliphatic rings. The Balaban J connectivity index is 0.791. The molecule has 0 saturated carbocycles. The first kappa shape index (κ1) is 33.0. The van der Waals surface area contributed by atoms with Gasteiger partial charge in [0.15, 0.2) is 11.5 Å². The summed E-state index contributed by atoms with van der Waals surface area (Å²) in [5, 5.41) is 10.6. The molecule has 0 bridgehead atoms. The Morgan fingerprint density at radius 2 is 1.67 bits per heavy atom. The van der Waals surface area contributed by atoms with E-state index in [4.69, 9.17) is 5.10 Å². The lowest BCUT2D eigenvalue weighted by atomic mass is 9.90. The Kier molecular flexibility index (Phi) is 9.22. The van der Waals surface area contributed by atoms with Crippen LogP contribution in [0, 0.1) is 12.7 Å². The van der Waals surface area contributed by atoms with E-state index in [9.17, 15) is 14.0 Å². The third-order valence-electron chi connectivity index (χ3n) is 10.7. The SMILES string of the molecule is Cc1cc(-c2cnc(Nc3cnn(C4CCN(CCN5CCN(c6ccc(C7CCC(=O)NC7=O)cc6)CC5)CC4)c3)c3nccn23)ccc1F. The van der Waals surface area contributed by atoms with E-state index in [1.165, 1.54) is 11.8 Å². The Morgan fingerprint density at radius 3 is 2.41 bits per heavy atom. The zero-order valence-electron chi connectivity index (χ0n) is 28.8. The van der Waals surface area contributed by atoms with Crippen molar-refractivity contribution in [3.05, 3.63) is 90.4 Å². The van der Waals surface area contributed by atoms with Crippen LogP contribution in [0.3, 0.4) is 0 Å². The number of piperidine rings is 2. The summed E-state index contributed by atoms with van der Waals surface area (Å²) in [5.41, 5.74) is 6.03. The van der Waals surface area contributed by atoms with Crippen LogP contribution in [0.4, 0.5) is 21.6 Å². The molecule has 6 heterocycles. The predicted molar refractivity (Wildman–Crippen MR) is 194 cm³/mol. The number of anilines is 3. The number of amides is 2. The van der Waals surface area contributed by atoms with Gasteiger partial charge in [0.1, 0.15) is 5.82 Å². The van der Waals surface area contributed by atoms with Crippen LogP contribution in [-0.2, 0) is 9.59 Å². The lowest BCUT2D eigenvalue weighted by Crippen LogP contribution is -2.49. The quantitative estimate of drug-likeness (QED) is 0.211. The number of hydrogen-bond donors (Lipinski definition) is 2. The average Bonchev–Trinajstić information content (AvgIpc) is 3.84. The minimum absolute atomic E-state index is 0.178. The molecule has 13 heteroatoms. The van der Waals surface area contributed by atoms with Crippen molar-refractivity contribution in [1.82, 2.24) is 39.3 Å². The number of imidazole rings is 1. The first-order valence-electron chi connectivity index (χ1n) is 17.9. The second-order valence-electron chi connectivity index (χ2n) is 13.9. The normalized spacial score (nSPS) is 19.5. The largest absolute Gasteiger partial charge is 0.369 e. The zero-order chi connectivity index (χ0) is 34.9. The summed E-state index contributed by atoms with van der Waals surface area (Å²) in [6.45, 7) is 10.0. The number of halogens is 1. The number of likely N-dealkylation sites (tertiary alicyclic amines) is 1. The fourth-order valence-corrected chi connectivity index (χ4v) is 7.61. The van der Waals surface area contributed by atoms with Crippen LogP contribution in [0.5, 0.6) is 0 Å². The maximum atomic E-state index is 13.9. The molecule has 12 nitrogen and oxygen atoms in total. The highest BCUT2D eigenvalue weighted by Gasteiger charge is 2.28. The van der Waals surface area contributed by atoms with Crippen LogP contribution in [0.25, 0.3) is 16.9 Å². The van der Waals surface area contributed by atoms with Gasteiger partial charge >= 0.3 is 0 Å². The topological polar surface area (TPSA) is 116 Å². The van der Waals surface area contributed by atoms with Crippen LogP contribution in [-0.4, -0.2) is 98.1 Å². The van der Waals surface area contributed by atoms with Crippen molar-refractivity contribution < 1.29 is 14.0 Å². The van der Waals surface area contributed by atoms with Crippen molar-refractivity contribution in [2.45, 2.75) is 44.6 Å². The van der Waals surface area contributed by atoms with Gasteiger partial charge in [-0.2, -0.15) is 5.10 Å². The van der Waals surface area contributed by atoms with Gasteiger partial charge in [-0.15, -0.1) is 0 Å². The maximum Gasteiger partial charge on any atom is 0.234 e. The van der Waals surface area contributed by atoms with Gasteiger partial charge in [0.2, 0.25) is 11.8 Å². The fraction of sp³-hybridized carbons (Fsp3) is 0.395. The minimum Gasteiger partial charge on any atom is -0.369 e. The predicted octanol–water partition coefficient (Wildman–Crippen LogP) is 4.76. The Morgan fingerprint density at radius 1 is 0.902 bits per heavy atom. The lowest BCUT2D eigenvalue weighted by molar-refractivity contribution is -0.134. The standard InChI is InChI=1S/C38H43FN10O2/c1-26-22-28(4-8-33(26)39)34-24-41-36(37-40-12-15-48(34)37)43-29-23-42-49(25-29)31-10-13-45(14-11-31)16-17-46-18-20-47(21-19-46)30-5-2-27(3-6-30)32-7-9-35(50)44-38(32)51/h2-6,8,12,15,22-25,31-32H,7,9-11,13-14,16-21H2,1H3,(H,41,43)(H,44,50,51). The summed E-state index contributed by atoms with van der Waals surface area (Å²) < 4.78 is 17.9. The molecule has 0 radical (unpaired) electrons. The van der Waals surface area contributed by atoms with E-state index in [0.717, 1.165) is 87.7 Å². The number of fused-ring (bicyclic) bond motifs is 1. The Bertz CT molecular complexity index is 2030. The molecule has 0 aliphatic carbocycles. The van der Waals surface area contributed by atoms with Gasteiger partial charge in [0.05, 0.1) is 35.7 Å². The van der Waals surface area contributed by atoms with Gasteiger partial charge in [-0.3, -0.25) is 28.9 Å².